The Labute approximate surface area is 297 Å². The molecule has 0 saturated carbocycles. The molecule has 2 aromatic heterocycles. The van der Waals surface area contributed by atoms with Gasteiger partial charge in [-0.15, -0.1) is 0 Å². The van der Waals surface area contributed by atoms with Crippen LogP contribution >= 0.6 is 45.2 Å². The van der Waals surface area contributed by atoms with Gasteiger partial charge in [-0.05, 0) is 106 Å². The van der Waals surface area contributed by atoms with Crippen LogP contribution in [0.25, 0.3) is 55.0 Å². The van der Waals surface area contributed by atoms with Gasteiger partial charge in [-0.3, -0.25) is 0 Å². The summed E-state index contributed by atoms with van der Waals surface area (Å²) in [4.78, 5) is 0. The zero-order valence-electron chi connectivity index (χ0n) is 24.6. The molecule has 10 heteroatoms. The second-order valence-corrected chi connectivity index (χ2v) is 13.4. The number of para-hydroxylation sites is 4. The molecule has 240 valence electrons. The predicted molar refractivity (Wildman–Crippen MR) is 197 cm³/mol. The number of benzene rings is 6. The number of rotatable bonds is 2. The van der Waals surface area contributed by atoms with Crippen molar-refractivity contribution in [2.24, 2.45) is 0 Å². The lowest BCUT2D eigenvalue weighted by Crippen LogP contribution is -2.07. The number of halogens is 8. The molecule has 0 aliphatic rings. The second kappa shape index (κ2) is 12.4. The zero-order valence-corrected chi connectivity index (χ0v) is 28.9. The fourth-order valence-corrected chi connectivity index (χ4v) is 7.42. The van der Waals surface area contributed by atoms with Crippen LogP contribution in [0, 0.1) is 7.14 Å². The fourth-order valence-electron chi connectivity index (χ4n) is 6.09. The Hall–Kier alpha value is -4.04. The summed E-state index contributed by atoms with van der Waals surface area (Å²) in [6.45, 7) is 0. The topological polar surface area (TPSA) is 9.86 Å². The van der Waals surface area contributed by atoms with E-state index >= 15 is 0 Å². The molecule has 0 saturated heterocycles. The van der Waals surface area contributed by atoms with Crippen molar-refractivity contribution in [2.45, 2.75) is 12.4 Å². The average Bonchev–Trinajstić information content (AvgIpc) is 3.58. The summed E-state index contributed by atoms with van der Waals surface area (Å²) in [7, 11) is 0. The molecule has 6 aromatic carbocycles. The molecule has 8 rings (SSSR count). The molecule has 0 radical (unpaired) electrons. The minimum absolute atomic E-state index is 0.544. The van der Waals surface area contributed by atoms with E-state index in [1.165, 1.54) is 18.2 Å². The predicted octanol–water partition coefficient (Wildman–Crippen LogP) is 12.8. The summed E-state index contributed by atoms with van der Waals surface area (Å²) in [6, 6.07) is 39.1. The van der Waals surface area contributed by atoms with Gasteiger partial charge in [0, 0.05) is 28.7 Å². The maximum absolute atomic E-state index is 13.2. The van der Waals surface area contributed by atoms with Gasteiger partial charge in [0.25, 0.3) is 0 Å². The van der Waals surface area contributed by atoms with Crippen LogP contribution in [0.1, 0.15) is 11.1 Å². The summed E-state index contributed by atoms with van der Waals surface area (Å²) in [5.74, 6) is 0. The summed E-state index contributed by atoms with van der Waals surface area (Å²) in [5.41, 5.74) is 3.79. The van der Waals surface area contributed by atoms with Crippen LogP contribution < -0.4 is 0 Å². The summed E-state index contributed by atoms with van der Waals surface area (Å²) >= 11 is 4.06. The van der Waals surface area contributed by atoms with Crippen molar-refractivity contribution in [1.29, 1.82) is 0 Å². The number of alkyl halides is 6. The number of fused-ring (bicyclic) bond motifs is 6. The Bertz CT molecular complexity index is 2370. The highest BCUT2D eigenvalue weighted by Crippen LogP contribution is 2.38. The van der Waals surface area contributed by atoms with Crippen LogP contribution in [0.15, 0.2) is 133 Å². The third-order valence-electron chi connectivity index (χ3n) is 8.19. The van der Waals surface area contributed by atoms with E-state index < -0.39 is 23.5 Å². The molecule has 0 aliphatic carbocycles. The van der Waals surface area contributed by atoms with Crippen molar-refractivity contribution in [2.75, 3.05) is 0 Å². The number of hydrogen-bond acceptors (Lipinski definition) is 0. The molecule has 8 aromatic rings. The molecule has 0 unspecified atom stereocenters. The smallest absolute Gasteiger partial charge is 0.308 e. The first kappa shape index (κ1) is 32.5. The van der Waals surface area contributed by atoms with Gasteiger partial charge in [0.2, 0.25) is 0 Å². The highest BCUT2D eigenvalue weighted by atomic mass is 127. The molecular formula is C38H22F6I2N2. The summed E-state index contributed by atoms with van der Waals surface area (Å²) in [6.07, 6.45) is -8.70. The van der Waals surface area contributed by atoms with E-state index in [1.54, 1.807) is 6.07 Å². The van der Waals surface area contributed by atoms with Crippen molar-refractivity contribution >= 4 is 88.8 Å². The van der Waals surface area contributed by atoms with Crippen molar-refractivity contribution in [3.8, 4) is 11.4 Å². The third-order valence-corrected chi connectivity index (χ3v) is 9.97. The molecule has 2 heterocycles. The van der Waals surface area contributed by atoms with E-state index in [2.05, 4.69) is 22.6 Å². The molecule has 0 amide bonds. The first-order valence-corrected chi connectivity index (χ1v) is 16.8. The van der Waals surface area contributed by atoms with Crippen LogP contribution in [0.5, 0.6) is 0 Å². The molecule has 0 spiro atoms. The Morgan fingerprint density at radius 1 is 0.375 bits per heavy atom. The van der Waals surface area contributed by atoms with Gasteiger partial charge in [0.1, 0.15) is 0 Å². The lowest BCUT2D eigenvalue weighted by Gasteiger charge is -2.13. The average molecular weight is 874 g/mol. The Kier molecular flexibility index (Phi) is 8.43. The summed E-state index contributed by atoms with van der Waals surface area (Å²) < 4.78 is 83.5. The SMILES string of the molecule is FC(F)(F)c1ccc(-n2c3ccccc3c3ccccc32)c(I)c1.FC(F)(F)c1ccc(I)c(-n2c3ccccc3c3ccccc32)c1. The summed E-state index contributed by atoms with van der Waals surface area (Å²) in [5, 5.41) is 4.23. The first-order valence-electron chi connectivity index (χ1n) is 14.6. The van der Waals surface area contributed by atoms with Crippen LogP contribution in [0.4, 0.5) is 26.3 Å². The lowest BCUT2D eigenvalue weighted by atomic mass is 10.2. The highest BCUT2D eigenvalue weighted by molar-refractivity contribution is 14.1. The minimum Gasteiger partial charge on any atom is -0.308 e. The molecule has 0 N–H and O–H groups in total. The third kappa shape index (κ3) is 5.82. The van der Waals surface area contributed by atoms with Crippen molar-refractivity contribution in [3.63, 3.8) is 0 Å². The number of nitrogens with zero attached hydrogens (tertiary/aromatic N) is 2. The molecule has 48 heavy (non-hydrogen) atoms. The normalized spacial score (nSPS) is 12.2. The quantitative estimate of drug-likeness (QED) is 0.121. The van der Waals surface area contributed by atoms with Crippen LogP contribution in [-0.4, -0.2) is 9.13 Å². The Balaban J connectivity index is 0.000000152. The fraction of sp³-hybridized carbons (Fsp3) is 0.0526. The Morgan fingerprint density at radius 2 is 0.729 bits per heavy atom. The molecule has 0 aliphatic heterocycles. The zero-order chi connectivity index (χ0) is 33.8. The molecule has 0 bridgehead atoms. The second-order valence-electron chi connectivity index (χ2n) is 11.1. The Morgan fingerprint density at radius 3 is 1.12 bits per heavy atom. The minimum atomic E-state index is -4.36. The number of aromatic nitrogens is 2. The van der Waals surface area contributed by atoms with Gasteiger partial charge in [-0.25, -0.2) is 0 Å². The highest BCUT2D eigenvalue weighted by Gasteiger charge is 2.32. The van der Waals surface area contributed by atoms with Crippen molar-refractivity contribution in [3.05, 3.63) is 152 Å². The van der Waals surface area contributed by atoms with E-state index in [4.69, 9.17) is 0 Å². The van der Waals surface area contributed by atoms with Gasteiger partial charge in [-0.1, -0.05) is 72.8 Å². The maximum atomic E-state index is 13.2. The van der Waals surface area contributed by atoms with Gasteiger partial charge >= 0.3 is 12.4 Å². The lowest BCUT2D eigenvalue weighted by molar-refractivity contribution is -0.138. The van der Waals surface area contributed by atoms with Crippen LogP contribution in [0.2, 0.25) is 0 Å². The van der Waals surface area contributed by atoms with Crippen molar-refractivity contribution in [1.82, 2.24) is 9.13 Å². The van der Waals surface area contributed by atoms with E-state index in [1.807, 2.05) is 129 Å². The molecule has 0 atom stereocenters. The molecular weight excluding hydrogens is 852 g/mol. The van der Waals surface area contributed by atoms with Gasteiger partial charge < -0.3 is 9.13 Å². The molecule has 0 fully saturated rings. The molecule has 2 nitrogen and oxygen atoms in total. The number of hydrogen-bond donors (Lipinski definition) is 0. The van der Waals surface area contributed by atoms with Gasteiger partial charge in [0.15, 0.2) is 0 Å². The van der Waals surface area contributed by atoms with E-state index in [0.29, 0.717) is 9.26 Å². The maximum Gasteiger partial charge on any atom is 0.416 e. The van der Waals surface area contributed by atoms with Gasteiger partial charge in [-0.2, -0.15) is 26.3 Å². The van der Waals surface area contributed by atoms with Crippen LogP contribution in [0.3, 0.4) is 0 Å². The van der Waals surface area contributed by atoms with E-state index in [0.717, 1.165) is 65.0 Å². The van der Waals surface area contributed by atoms with E-state index in [-0.39, 0.29) is 0 Å². The van der Waals surface area contributed by atoms with Crippen molar-refractivity contribution < 1.29 is 26.3 Å². The first-order chi connectivity index (χ1) is 22.9. The largest absolute Gasteiger partial charge is 0.416 e. The van der Waals surface area contributed by atoms with Crippen LogP contribution in [-0.2, 0) is 12.4 Å². The monoisotopic (exact) mass is 874 g/mol. The van der Waals surface area contributed by atoms with E-state index in [9.17, 15) is 26.3 Å². The standard InChI is InChI=1S/2C19H11F3IN/c20-19(21,22)12-9-10-18(15(23)11-12)24-16-7-3-1-5-13(16)14-6-2-4-8-17(14)24;20-19(21,22)12-9-10-15(23)18(11-12)24-16-7-3-1-5-13(16)14-6-2-4-8-17(14)24/h2*1-11H. The van der Waals surface area contributed by atoms with Gasteiger partial charge in [0.05, 0.1) is 44.6 Å².